The highest BCUT2D eigenvalue weighted by Crippen LogP contribution is 2.25. The number of carbonyl (C=O) groups is 1. The highest BCUT2D eigenvalue weighted by molar-refractivity contribution is 7.99. The van der Waals surface area contributed by atoms with E-state index in [2.05, 4.69) is 15.2 Å². The fourth-order valence-electron chi connectivity index (χ4n) is 2.61. The van der Waals surface area contributed by atoms with Gasteiger partial charge in [0.2, 0.25) is 0 Å². The minimum Gasteiger partial charge on any atom is -0.384 e. The molecule has 3 rings (SSSR count). The van der Waals surface area contributed by atoms with Crippen molar-refractivity contribution in [2.24, 2.45) is 14.1 Å². The second-order valence-corrected chi connectivity index (χ2v) is 6.91. The number of aromatic nitrogens is 5. The van der Waals surface area contributed by atoms with E-state index < -0.39 is 17.0 Å². The van der Waals surface area contributed by atoms with Crippen molar-refractivity contribution in [2.75, 3.05) is 11.5 Å². The van der Waals surface area contributed by atoms with Crippen molar-refractivity contribution < 1.29 is 4.79 Å². The van der Waals surface area contributed by atoms with E-state index in [4.69, 9.17) is 5.73 Å². The molecule has 27 heavy (non-hydrogen) atoms. The van der Waals surface area contributed by atoms with Crippen LogP contribution in [-0.2, 0) is 14.1 Å². The molecule has 1 aromatic carbocycles. The zero-order valence-electron chi connectivity index (χ0n) is 15.0. The van der Waals surface area contributed by atoms with Gasteiger partial charge in [0.1, 0.15) is 11.4 Å². The van der Waals surface area contributed by atoms with Gasteiger partial charge in [0.25, 0.3) is 5.56 Å². The van der Waals surface area contributed by atoms with Gasteiger partial charge in [-0.15, -0.1) is 10.2 Å². The summed E-state index contributed by atoms with van der Waals surface area (Å²) in [7, 11) is 3.19. The Hall–Kier alpha value is -3.14. The van der Waals surface area contributed by atoms with Gasteiger partial charge in [-0.3, -0.25) is 19.1 Å². The van der Waals surface area contributed by atoms with Gasteiger partial charge in [-0.25, -0.2) is 4.79 Å². The Labute approximate surface area is 158 Å². The number of aryl methyl sites for hydroxylation is 1. The van der Waals surface area contributed by atoms with E-state index in [-0.39, 0.29) is 17.1 Å². The molecule has 10 heteroatoms. The molecule has 2 aromatic heterocycles. The molecule has 0 fully saturated rings. The Morgan fingerprint density at radius 2 is 1.89 bits per heavy atom. The van der Waals surface area contributed by atoms with Gasteiger partial charge < -0.3 is 10.3 Å². The van der Waals surface area contributed by atoms with Crippen molar-refractivity contribution >= 4 is 23.4 Å². The first-order valence-corrected chi connectivity index (χ1v) is 9.00. The molecule has 0 aliphatic rings. The topological polar surface area (TPSA) is 129 Å². The van der Waals surface area contributed by atoms with Gasteiger partial charge in [-0.1, -0.05) is 36.0 Å². The average molecular weight is 386 g/mol. The lowest BCUT2D eigenvalue weighted by Gasteiger charge is -2.08. The maximum absolute atomic E-state index is 12.5. The van der Waals surface area contributed by atoms with Crippen LogP contribution in [0.4, 0.5) is 5.82 Å². The number of nitrogens with two attached hydrogens (primary N) is 1. The third-order valence-electron chi connectivity index (χ3n) is 4.20. The molecule has 3 aromatic rings. The number of H-pyrrole nitrogens is 1. The molecule has 0 bridgehead atoms. The standard InChI is InChI=1S/C17H18N6O3S/c1-9-6-4-5-7-10(9)14-20-21-17(23(14)3)27-8-11(24)12-13(18)22(2)16(26)19-15(12)25/h4-7H,8,18H2,1-3H3,(H,19,25,26). The third-order valence-corrected chi connectivity index (χ3v) is 5.22. The van der Waals surface area contributed by atoms with Crippen molar-refractivity contribution in [3.05, 3.63) is 56.2 Å². The Bertz CT molecular complexity index is 1140. The second kappa shape index (κ2) is 7.23. The smallest absolute Gasteiger partial charge is 0.329 e. The van der Waals surface area contributed by atoms with E-state index in [0.29, 0.717) is 11.0 Å². The minimum atomic E-state index is -0.792. The number of anilines is 1. The summed E-state index contributed by atoms with van der Waals surface area (Å²) in [6, 6.07) is 7.79. The van der Waals surface area contributed by atoms with E-state index in [1.807, 2.05) is 38.2 Å². The number of aromatic amines is 1. The molecule has 2 heterocycles. The summed E-state index contributed by atoms with van der Waals surface area (Å²) < 4.78 is 2.81. The summed E-state index contributed by atoms with van der Waals surface area (Å²) >= 11 is 1.14. The van der Waals surface area contributed by atoms with Gasteiger partial charge in [0.15, 0.2) is 16.8 Å². The number of hydrogen-bond acceptors (Lipinski definition) is 7. The van der Waals surface area contributed by atoms with Gasteiger partial charge in [-0.05, 0) is 12.5 Å². The number of rotatable bonds is 5. The average Bonchev–Trinajstić information content (AvgIpc) is 2.99. The summed E-state index contributed by atoms with van der Waals surface area (Å²) in [6.45, 7) is 1.98. The molecule has 0 saturated heterocycles. The largest absolute Gasteiger partial charge is 0.384 e. The first-order valence-electron chi connectivity index (χ1n) is 8.01. The number of nitrogens with one attached hydrogen (secondary N) is 1. The Morgan fingerprint density at radius 1 is 1.19 bits per heavy atom. The number of benzene rings is 1. The van der Waals surface area contributed by atoms with Gasteiger partial charge >= 0.3 is 5.69 Å². The second-order valence-electron chi connectivity index (χ2n) is 5.97. The summed E-state index contributed by atoms with van der Waals surface area (Å²) in [5, 5.41) is 8.86. The molecule has 0 unspecified atom stereocenters. The van der Waals surface area contributed by atoms with Crippen LogP contribution in [0, 0.1) is 6.92 Å². The third kappa shape index (κ3) is 3.43. The summed E-state index contributed by atoms with van der Waals surface area (Å²) in [5.41, 5.74) is 6.08. The number of Topliss-reactive ketones (excluding diaryl/α,β-unsaturated/α-hetero) is 1. The van der Waals surface area contributed by atoms with Crippen LogP contribution in [0.25, 0.3) is 11.4 Å². The SMILES string of the molecule is Cc1ccccc1-c1nnc(SCC(=O)c2c(N)n(C)c(=O)[nH]c2=O)n1C. The highest BCUT2D eigenvalue weighted by atomic mass is 32.2. The quantitative estimate of drug-likeness (QED) is 0.489. The van der Waals surface area contributed by atoms with Gasteiger partial charge in [0.05, 0.1) is 5.75 Å². The van der Waals surface area contributed by atoms with Gasteiger partial charge in [-0.2, -0.15) is 0 Å². The van der Waals surface area contributed by atoms with Crippen LogP contribution in [0.5, 0.6) is 0 Å². The van der Waals surface area contributed by atoms with Crippen LogP contribution in [0.2, 0.25) is 0 Å². The first kappa shape index (κ1) is 18.6. The molecule has 140 valence electrons. The van der Waals surface area contributed by atoms with E-state index in [1.54, 1.807) is 4.57 Å². The van der Waals surface area contributed by atoms with E-state index in [1.165, 1.54) is 7.05 Å². The fraction of sp³-hybridized carbons (Fsp3) is 0.235. The van der Waals surface area contributed by atoms with Crippen LogP contribution in [0.3, 0.4) is 0 Å². The maximum atomic E-state index is 12.5. The lowest BCUT2D eigenvalue weighted by Crippen LogP contribution is -2.35. The van der Waals surface area contributed by atoms with Crippen LogP contribution < -0.4 is 17.0 Å². The predicted molar refractivity (Wildman–Crippen MR) is 103 cm³/mol. The molecule has 9 nitrogen and oxygen atoms in total. The van der Waals surface area contributed by atoms with Crippen LogP contribution >= 0.6 is 11.8 Å². The van der Waals surface area contributed by atoms with Crippen molar-refractivity contribution in [2.45, 2.75) is 12.1 Å². The molecule has 0 saturated carbocycles. The molecule has 3 N–H and O–H groups in total. The van der Waals surface area contributed by atoms with Gasteiger partial charge in [0, 0.05) is 19.7 Å². The van der Waals surface area contributed by atoms with Crippen molar-refractivity contribution in [3.8, 4) is 11.4 Å². The van der Waals surface area contributed by atoms with Crippen molar-refractivity contribution in [3.63, 3.8) is 0 Å². The summed E-state index contributed by atoms with van der Waals surface area (Å²) in [6.07, 6.45) is 0. The van der Waals surface area contributed by atoms with E-state index >= 15 is 0 Å². The lowest BCUT2D eigenvalue weighted by atomic mass is 10.1. The zero-order valence-corrected chi connectivity index (χ0v) is 15.8. The number of ketones is 1. The number of hydrogen-bond donors (Lipinski definition) is 2. The van der Waals surface area contributed by atoms with E-state index in [0.717, 1.165) is 27.5 Å². The van der Waals surface area contributed by atoms with Crippen molar-refractivity contribution in [1.82, 2.24) is 24.3 Å². The number of thioether (sulfide) groups is 1. The normalized spacial score (nSPS) is 10.9. The number of nitrogens with zero attached hydrogens (tertiary/aromatic N) is 4. The Morgan fingerprint density at radius 3 is 2.59 bits per heavy atom. The molecular weight excluding hydrogens is 368 g/mol. The fourth-order valence-corrected chi connectivity index (χ4v) is 3.39. The number of nitrogen functional groups attached to an aromatic ring is 1. The minimum absolute atomic E-state index is 0.0643. The molecule has 0 aliphatic carbocycles. The monoisotopic (exact) mass is 386 g/mol. The van der Waals surface area contributed by atoms with Crippen LogP contribution in [0.15, 0.2) is 39.0 Å². The molecule has 0 spiro atoms. The van der Waals surface area contributed by atoms with Crippen LogP contribution in [-0.4, -0.2) is 35.9 Å². The summed E-state index contributed by atoms with van der Waals surface area (Å²) in [4.78, 5) is 38.0. The van der Waals surface area contributed by atoms with Crippen molar-refractivity contribution in [1.29, 1.82) is 0 Å². The first-order chi connectivity index (χ1) is 12.8. The Balaban J connectivity index is 1.84. The molecular formula is C17H18N6O3S. The Kier molecular flexibility index (Phi) is 5.00. The molecule has 0 atom stereocenters. The zero-order chi connectivity index (χ0) is 19.7. The van der Waals surface area contributed by atoms with E-state index in [9.17, 15) is 14.4 Å². The molecule has 0 radical (unpaired) electrons. The predicted octanol–water partition coefficient (Wildman–Crippen LogP) is 0.735. The maximum Gasteiger partial charge on any atom is 0.329 e. The van der Waals surface area contributed by atoms with Crippen LogP contribution in [0.1, 0.15) is 15.9 Å². The molecule has 0 amide bonds. The number of carbonyl (C=O) groups excluding carboxylic acids is 1. The lowest BCUT2D eigenvalue weighted by molar-refractivity contribution is 0.102. The highest BCUT2D eigenvalue weighted by Gasteiger charge is 2.20. The molecule has 0 aliphatic heterocycles. The summed E-state index contributed by atoms with van der Waals surface area (Å²) in [5.74, 6) is -0.0316.